The third kappa shape index (κ3) is 5.26. The first kappa shape index (κ1) is 15.6. The summed E-state index contributed by atoms with van der Waals surface area (Å²) in [4.78, 5) is 0.0739. The second kappa shape index (κ2) is 6.34. The van der Waals surface area contributed by atoms with Gasteiger partial charge in [0.05, 0.1) is 0 Å². The minimum atomic E-state index is -4.33. The maximum Gasteiger partial charge on any atom is 0.446 e. The number of benzene rings is 2. The number of hydrogen-bond acceptors (Lipinski definition) is 2. The lowest BCUT2D eigenvalue weighted by Gasteiger charge is -2.09. The Kier molecular flexibility index (Phi) is 4.72. The smallest absolute Gasteiger partial charge is 0.381 e. The van der Waals surface area contributed by atoms with Crippen LogP contribution in [0.5, 0.6) is 0 Å². The fraction of sp³-hybridized carbons (Fsp3) is 0.143. The predicted molar refractivity (Wildman–Crippen MR) is 72.0 cm³/mol. The molecule has 21 heavy (non-hydrogen) atoms. The van der Waals surface area contributed by atoms with Crippen molar-refractivity contribution in [2.45, 2.75) is 16.9 Å². The Morgan fingerprint density at radius 3 is 2.00 bits per heavy atom. The Balaban J connectivity index is 1.97. The minimum Gasteiger partial charge on any atom is -0.381 e. The Morgan fingerprint density at radius 1 is 0.905 bits per heavy atom. The lowest BCUT2D eigenvalue weighted by atomic mass is 10.2. The van der Waals surface area contributed by atoms with E-state index in [1.54, 1.807) is 0 Å². The monoisotopic (exact) mass is 319 g/mol. The summed E-state index contributed by atoms with van der Waals surface area (Å²) in [6, 6.07) is 8.74. The molecule has 2 aromatic carbocycles. The van der Waals surface area contributed by atoms with Crippen LogP contribution in [-0.4, -0.2) is 5.51 Å². The van der Waals surface area contributed by atoms with Crippen molar-refractivity contribution >= 4 is 17.4 Å². The van der Waals surface area contributed by atoms with Crippen molar-refractivity contribution < 1.29 is 22.0 Å². The van der Waals surface area contributed by atoms with Gasteiger partial charge >= 0.3 is 5.51 Å². The Bertz CT molecular complexity index is 590. The number of rotatable bonds is 4. The Morgan fingerprint density at radius 2 is 1.48 bits per heavy atom. The lowest BCUT2D eigenvalue weighted by Crippen LogP contribution is -2.01. The number of halogens is 5. The molecule has 2 rings (SSSR count). The predicted octanol–water partition coefficient (Wildman–Crippen LogP) is 5.19. The molecule has 2 aromatic rings. The van der Waals surface area contributed by atoms with Gasteiger partial charge in [-0.15, -0.1) is 0 Å². The summed E-state index contributed by atoms with van der Waals surface area (Å²) in [6.45, 7) is 0.167. The van der Waals surface area contributed by atoms with Crippen LogP contribution < -0.4 is 5.32 Å². The molecule has 0 unspecified atom stereocenters. The number of anilines is 1. The van der Waals surface area contributed by atoms with Crippen molar-refractivity contribution in [3.05, 3.63) is 59.7 Å². The van der Waals surface area contributed by atoms with E-state index in [9.17, 15) is 22.0 Å². The lowest BCUT2D eigenvalue weighted by molar-refractivity contribution is -0.0328. The maximum atomic E-state index is 13.0. The molecule has 0 amide bonds. The number of thioether (sulfide) groups is 1. The molecule has 0 aliphatic heterocycles. The number of alkyl halides is 3. The molecule has 0 saturated heterocycles. The normalized spacial score (nSPS) is 11.5. The van der Waals surface area contributed by atoms with E-state index < -0.39 is 17.1 Å². The summed E-state index contributed by atoms with van der Waals surface area (Å²) < 4.78 is 62.5. The zero-order valence-corrected chi connectivity index (χ0v) is 11.4. The maximum absolute atomic E-state index is 13.0. The fourth-order valence-electron chi connectivity index (χ4n) is 1.69. The standard InChI is InChI=1S/C14H10F5NS/c15-10-5-9(6-11(16)7-10)8-20-12-1-3-13(4-2-12)21-14(17,18)19/h1-7,20H,8H2. The fourth-order valence-corrected chi connectivity index (χ4v) is 2.23. The molecule has 0 aliphatic carbocycles. The molecule has 0 heterocycles. The van der Waals surface area contributed by atoms with E-state index in [0.717, 1.165) is 6.07 Å². The van der Waals surface area contributed by atoms with Crippen molar-refractivity contribution in [3.8, 4) is 0 Å². The van der Waals surface area contributed by atoms with Crippen LogP contribution in [0.15, 0.2) is 47.4 Å². The van der Waals surface area contributed by atoms with Gasteiger partial charge in [0.15, 0.2) is 0 Å². The molecule has 0 aromatic heterocycles. The molecule has 1 nitrogen and oxygen atoms in total. The molecule has 7 heteroatoms. The van der Waals surface area contributed by atoms with Gasteiger partial charge in [-0.25, -0.2) is 8.78 Å². The van der Waals surface area contributed by atoms with Gasteiger partial charge < -0.3 is 5.32 Å². The average Bonchev–Trinajstić information content (AvgIpc) is 2.35. The van der Waals surface area contributed by atoms with Crippen molar-refractivity contribution in [3.63, 3.8) is 0 Å². The molecule has 0 fully saturated rings. The SMILES string of the molecule is Fc1cc(F)cc(CNc2ccc(SC(F)(F)F)cc2)c1. The first-order chi connectivity index (χ1) is 9.82. The molecular formula is C14H10F5NS. The van der Waals surface area contributed by atoms with Gasteiger partial charge in [-0.1, -0.05) is 0 Å². The van der Waals surface area contributed by atoms with Crippen molar-refractivity contribution in [1.29, 1.82) is 0 Å². The zero-order valence-electron chi connectivity index (χ0n) is 10.5. The van der Waals surface area contributed by atoms with Crippen LogP contribution in [0.2, 0.25) is 0 Å². The summed E-state index contributed by atoms with van der Waals surface area (Å²) in [6.07, 6.45) is 0. The zero-order chi connectivity index (χ0) is 15.5. The van der Waals surface area contributed by atoms with Crippen LogP contribution in [-0.2, 0) is 6.54 Å². The first-order valence-electron chi connectivity index (χ1n) is 5.86. The van der Waals surface area contributed by atoms with Crippen LogP contribution in [0, 0.1) is 11.6 Å². The van der Waals surface area contributed by atoms with Crippen LogP contribution in [0.25, 0.3) is 0 Å². The highest BCUT2D eigenvalue weighted by atomic mass is 32.2. The molecule has 0 atom stereocenters. The Labute approximate surface area is 122 Å². The van der Waals surface area contributed by atoms with Gasteiger partial charge in [-0.2, -0.15) is 13.2 Å². The highest BCUT2D eigenvalue weighted by molar-refractivity contribution is 8.00. The highest BCUT2D eigenvalue weighted by Gasteiger charge is 2.28. The third-order valence-corrected chi connectivity index (χ3v) is 3.25. The van der Waals surface area contributed by atoms with E-state index in [0.29, 0.717) is 11.3 Å². The van der Waals surface area contributed by atoms with E-state index in [2.05, 4.69) is 5.32 Å². The summed E-state index contributed by atoms with van der Waals surface area (Å²) in [5, 5.41) is 2.88. The van der Waals surface area contributed by atoms with Crippen molar-refractivity contribution in [2.75, 3.05) is 5.32 Å². The van der Waals surface area contributed by atoms with Crippen molar-refractivity contribution in [2.24, 2.45) is 0 Å². The van der Waals surface area contributed by atoms with Crippen LogP contribution in [0.4, 0.5) is 27.6 Å². The second-order valence-electron chi connectivity index (χ2n) is 4.20. The minimum absolute atomic E-state index is 0.0739. The molecule has 1 N–H and O–H groups in total. The quantitative estimate of drug-likeness (QED) is 0.615. The third-order valence-electron chi connectivity index (χ3n) is 2.51. The average molecular weight is 319 g/mol. The molecule has 0 saturated carbocycles. The van der Waals surface area contributed by atoms with E-state index in [4.69, 9.17) is 0 Å². The van der Waals surface area contributed by atoms with E-state index >= 15 is 0 Å². The van der Waals surface area contributed by atoms with E-state index in [1.165, 1.54) is 36.4 Å². The second-order valence-corrected chi connectivity index (χ2v) is 5.34. The Hall–Kier alpha value is -1.76. The van der Waals surface area contributed by atoms with Gasteiger partial charge in [0.25, 0.3) is 0 Å². The van der Waals surface area contributed by atoms with Gasteiger partial charge in [-0.05, 0) is 53.7 Å². The van der Waals surface area contributed by atoms with Crippen LogP contribution >= 0.6 is 11.8 Å². The molecule has 0 spiro atoms. The number of nitrogens with one attached hydrogen (secondary N) is 1. The molecule has 0 radical (unpaired) electrons. The van der Waals surface area contributed by atoms with Crippen LogP contribution in [0.1, 0.15) is 5.56 Å². The summed E-state index contributed by atoms with van der Waals surface area (Å²) in [5.74, 6) is -1.35. The largest absolute Gasteiger partial charge is 0.446 e. The van der Waals surface area contributed by atoms with Gasteiger partial charge in [-0.3, -0.25) is 0 Å². The topological polar surface area (TPSA) is 12.0 Å². The summed E-state index contributed by atoms with van der Waals surface area (Å²) in [7, 11) is 0. The highest BCUT2D eigenvalue weighted by Crippen LogP contribution is 2.37. The van der Waals surface area contributed by atoms with E-state index in [-0.39, 0.29) is 23.2 Å². The molecule has 0 bridgehead atoms. The molecule has 112 valence electrons. The number of hydrogen-bond donors (Lipinski definition) is 1. The van der Waals surface area contributed by atoms with Gasteiger partial charge in [0, 0.05) is 23.2 Å². The summed E-state index contributed by atoms with van der Waals surface area (Å²) >= 11 is -0.199. The molecular weight excluding hydrogens is 309 g/mol. The van der Waals surface area contributed by atoms with Crippen LogP contribution in [0.3, 0.4) is 0 Å². The van der Waals surface area contributed by atoms with Gasteiger partial charge in [0.1, 0.15) is 11.6 Å². The summed E-state index contributed by atoms with van der Waals surface area (Å²) in [5.41, 5.74) is -3.36. The van der Waals surface area contributed by atoms with E-state index in [1.807, 2.05) is 0 Å². The first-order valence-corrected chi connectivity index (χ1v) is 6.68. The van der Waals surface area contributed by atoms with Crippen molar-refractivity contribution in [1.82, 2.24) is 0 Å². The molecule has 0 aliphatic rings. The van der Waals surface area contributed by atoms with Gasteiger partial charge in [0.2, 0.25) is 0 Å².